The van der Waals surface area contributed by atoms with E-state index in [0.717, 1.165) is 48.8 Å². The zero-order valence-corrected chi connectivity index (χ0v) is 23.8. The highest BCUT2D eigenvalue weighted by atomic mass is 16.3. The molecule has 4 nitrogen and oxygen atoms in total. The van der Waals surface area contributed by atoms with Crippen molar-refractivity contribution in [3.63, 3.8) is 0 Å². The molecule has 0 unspecified atom stereocenters. The summed E-state index contributed by atoms with van der Waals surface area (Å²) >= 11 is 0. The monoisotopic (exact) mass is 520 g/mol. The van der Waals surface area contributed by atoms with Crippen LogP contribution >= 0.6 is 0 Å². The van der Waals surface area contributed by atoms with E-state index in [1.807, 2.05) is 26.0 Å². The first-order chi connectivity index (χ1) is 17.9. The Kier molecular flexibility index (Phi) is 8.88. The van der Waals surface area contributed by atoms with Crippen LogP contribution in [-0.4, -0.2) is 38.2 Å². The number of fused-ring (bicyclic) bond motifs is 1. The van der Waals surface area contributed by atoms with Crippen LogP contribution in [0.4, 0.5) is 0 Å². The first kappa shape index (κ1) is 29.0. The van der Waals surface area contributed by atoms with Gasteiger partial charge in [-0.2, -0.15) is 0 Å². The van der Waals surface area contributed by atoms with Crippen molar-refractivity contribution in [3.05, 3.63) is 76.9 Å². The van der Waals surface area contributed by atoms with E-state index in [1.165, 1.54) is 23.1 Å². The quantitative estimate of drug-likeness (QED) is 0.315. The molecule has 0 saturated heterocycles. The van der Waals surface area contributed by atoms with Crippen LogP contribution in [0, 0.1) is 23.2 Å². The van der Waals surface area contributed by atoms with Crippen molar-refractivity contribution in [2.24, 2.45) is 23.2 Å². The summed E-state index contributed by atoms with van der Waals surface area (Å²) in [6.45, 7) is 12.8. The van der Waals surface area contributed by atoms with E-state index in [9.17, 15) is 20.4 Å². The minimum absolute atomic E-state index is 0.0453. The van der Waals surface area contributed by atoms with Crippen molar-refractivity contribution < 1.29 is 20.4 Å². The van der Waals surface area contributed by atoms with Gasteiger partial charge >= 0.3 is 0 Å². The summed E-state index contributed by atoms with van der Waals surface area (Å²) in [7, 11) is 0. The molecular weight excluding hydrogens is 472 g/mol. The second-order valence-corrected chi connectivity index (χ2v) is 13.1. The Balaban J connectivity index is 1.67. The number of benzene rings is 1. The van der Waals surface area contributed by atoms with Crippen LogP contribution in [0.2, 0.25) is 0 Å². The lowest BCUT2D eigenvalue weighted by Crippen LogP contribution is -2.35. The van der Waals surface area contributed by atoms with Gasteiger partial charge < -0.3 is 20.4 Å². The maximum absolute atomic E-state index is 10.3. The van der Waals surface area contributed by atoms with Crippen LogP contribution in [0.25, 0.3) is 5.57 Å². The second kappa shape index (κ2) is 11.6. The second-order valence-electron chi connectivity index (χ2n) is 13.1. The Hall–Kier alpha value is -1.98. The highest BCUT2D eigenvalue weighted by Gasteiger charge is 2.51. The Bertz CT molecular complexity index is 1090. The van der Waals surface area contributed by atoms with Gasteiger partial charge in [-0.05, 0) is 103 Å². The molecule has 6 atom stereocenters. The molecular formula is C34H48O4. The fourth-order valence-corrected chi connectivity index (χ4v) is 7.45. The van der Waals surface area contributed by atoms with Crippen LogP contribution in [0.5, 0.6) is 0 Å². The maximum Gasteiger partial charge on any atom is 0.0811 e. The van der Waals surface area contributed by atoms with Crippen LogP contribution < -0.4 is 0 Å². The van der Waals surface area contributed by atoms with Gasteiger partial charge in [0.05, 0.1) is 24.4 Å². The average molecular weight is 521 g/mol. The third-order valence-electron chi connectivity index (χ3n) is 9.61. The van der Waals surface area contributed by atoms with Crippen molar-refractivity contribution in [3.8, 4) is 0 Å². The van der Waals surface area contributed by atoms with Crippen LogP contribution in [0.1, 0.15) is 90.2 Å². The fraction of sp³-hybridized carbons (Fsp3) is 0.588. The largest absolute Gasteiger partial charge is 0.393 e. The Morgan fingerprint density at radius 2 is 1.84 bits per heavy atom. The van der Waals surface area contributed by atoms with E-state index in [1.54, 1.807) is 0 Å². The first-order valence-electron chi connectivity index (χ1n) is 14.5. The number of allylic oxidation sites excluding steroid dienone is 5. The third-order valence-corrected chi connectivity index (χ3v) is 9.61. The molecule has 2 fully saturated rings. The molecule has 0 radical (unpaired) electrons. The van der Waals surface area contributed by atoms with E-state index in [2.05, 4.69) is 50.8 Å². The normalized spacial score (nSPS) is 32.9. The minimum Gasteiger partial charge on any atom is -0.393 e. The summed E-state index contributed by atoms with van der Waals surface area (Å²) in [5, 5.41) is 40.3. The molecule has 0 aliphatic heterocycles. The molecule has 1 aromatic carbocycles. The van der Waals surface area contributed by atoms with Gasteiger partial charge in [0.2, 0.25) is 0 Å². The van der Waals surface area contributed by atoms with Crippen LogP contribution in [0.3, 0.4) is 0 Å². The highest BCUT2D eigenvalue weighted by Crippen LogP contribution is 2.60. The Morgan fingerprint density at radius 1 is 1.13 bits per heavy atom. The molecule has 0 heterocycles. The fourth-order valence-electron chi connectivity index (χ4n) is 7.45. The molecule has 4 N–H and O–H groups in total. The Morgan fingerprint density at radius 3 is 2.50 bits per heavy atom. The van der Waals surface area contributed by atoms with Gasteiger partial charge in [-0.15, -0.1) is 0 Å². The highest BCUT2D eigenvalue weighted by molar-refractivity contribution is 5.71. The van der Waals surface area contributed by atoms with Gasteiger partial charge in [0.1, 0.15) is 0 Å². The van der Waals surface area contributed by atoms with Crippen molar-refractivity contribution in [2.45, 2.75) is 103 Å². The van der Waals surface area contributed by atoms with E-state index < -0.39 is 17.8 Å². The molecule has 208 valence electrons. The molecule has 0 spiro atoms. The first-order valence-corrected chi connectivity index (χ1v) is 14.5. The predicted octanol–water partition coefficient (Wildman–Crippen LogP) is 6.50. The molecule has 2 saturated carbocycles. The van der Waals surface area contributed by atoms with Gasteiger partial charge in [0, 0.05) is 6.42 Å². The topological polar surface area (TPSA) is 80.9 Å². The van der Waals surface area contributed by atoms with Crippen LogP contribution in [-0.2, 0) is 6.61 Å². The average Bonchev–Trinajstić information content (AvgIpc) is 3.21. The molecule has 3 aliphatic rings. The van der Waals surface area contributed by atoms with Gasteiger partial charge in [0.15, 0.2) is 0 Å². The van der Waals surface area contributed by atoms with Crippen molar-refractivity contribution in [1.29, 1.82) is 0 Å². The van der Waals surface area contributed by atoms with E-state index in [0.29, 0.717) is 30.6 Å². The molecule has 0 amide bonds. The van der Waals surface area contributed by atoms with Crippen molar-refractivity contribution >= 4 is 5.57 Å². The smallest absolute Gasteiger partial charge is 0.0811 e. The molecule has 4 rings (SSSR count). The van der Waals surface area contributed by atoms with Crippen molar-refractivity contribution in [2.75, 3.05) is 0 Å². The van der Waals surface area contributed by atoms with Gasteiger partial charge in [-0.3, -0.25) is 0 Å². The summed E-state index contributed by atoms with van der Waals surface area (Å²) in [6, 6.07) is 8.28. The number of aliphatic hydroxyl groups is 4. The standard InChI is InChI=1S/C34H48O4/c1-22(7-6-16-33(3,4)38)30-14-15-31-27(13-12-26-18-29(36)19-32(37)23(26)2)17-28(20-34(30,31)5)25-10-8-24(21-35)9-11-25/h8-13,17,22,29-32,35-38H,2,6-7,14-16,18-21H2,1,3-5H3/b26-12-,27-13+/t22-,29-,30-,31+,32+,34-/m1/s1. The summed E-state index contributed by atoms with van der Waals surface area (Å²) in [5.41, 5.74) is 5.94. The number of rotatable bonds is 8. The predicted molar refractivity (Wildman–Crippen MR) is 155 cm³/mol. The SMILES string of the molecule is C=C1/C(=C\C=C2/C=C(c3ccc(CO)cc3)C[C@]3(C)[C@@H]([C@H](C)CCCC(C)(C)O)CC[C@@H]23)C[C@@H](O)C[C@@H]1O. The zero-order valence-electron chi connectivity index (χ0n) is 23.8. The third kappa shape index (κ3) is 6.42. The maximum atomic E-state index is 10.3. The minimum atomic E-state index is -0.684. The van der Waals surface area contributed by atoms with Gasteiger partial charge in [-0.25, -0.2) is 0 Å². The molecule has 0 aromatic heterocycles. The number of aliphatic hydroxyl groups excluding tert-OH is 3. The lowest BCUT2D eigenvalue weighted by molar-refractivity contribution is 0.0627. The lowest BCUT2D eigenvalue weighted by atomic mass is 9.60. The van der Waals surface area contributed by atoms with E-state index in [4.69, 9.17) is 0 Å². The van der Waals surface area contributed by atoms with E-state index in [-0.39, 0.29) is 12.0 Å². The zero-order chi connectivity index (χ0) is 27.7. The van der Waals surface area contributed by atoms with Crippen LogP contribution in [0.15, 0.2) is 65.8 Å². The summed E-state index contributed by atoms with van der Waals surface area (Å²) in [6.07, 6.45) is 12.7. The number of hydrogen-bond acceptors (Lipinski definition) is 4. The molecule has 1 aromatic rings. The molecule has 4 heteroatoms. The van der Waals surface area contributed by atoms with Gasteiger partial charge in [0.25, 0.3) is 0 Å². The Labute approximate surface area is 229 Å². The summed E-state index contributed by atoms with van der Waals surface area (Å²) in [5.74, 6) is 1.62. The summed E-state index contributed by atoms with van der Waals surface area (Å²) in [4.78, 5) is 0. The summed E-state index contributed by atoms with van der Waals surface area (Å²) < 4.78 is 0. The molecule has 0 bridgehead atoms. The molecule has 38 heavy (non-hydrogen) atoms. The number of hydrogen-bond donors (Lipinski definition) is 4. The van der Waals surface area contributed by atoms with E-state index >= 15 is 0 Å². The lowest BCUT2D eigenvalue weighted by Gasteiger charge is -2.44. The van der Waals surface area contributed by atoms with Crippen molar-refractivity contribution in [1.82, 2.24) is 0 Å². The van der Waals surface area contributed by atoms with Gasteiger partial charge in [-0.1, -0.05) is 75.8 Å². The molecule has 3 aliphatic carbocycles.